The monoisotopic (exact) mass is 241 g/mol. The van der Waals surface area contributed by atoms with Crippen LogP contribution in [0.25, 0.3) is 0 Å². The zero-order valence-electron chi connectivity index (χ0n) is 10.9. The van der Waals surface area contributed by atoms with Crippen LogP contribution in [0.15, 0.2) is 0 Å². The topological polar surface area (TPSA) is 66.4 Å². The molecule has 1 rings (SSSR count). The van der Waals surface area contributed by atoms with Crippen LogP contribution in [0.4, 0.5) is 0 Å². The van der Waals surface area contributed by atoms with Gasteiger partial charge in [-0.1, -0.05) is 27.2 Å². The Balaban J connectivity index is 2.62. The minimum atomic E-state index is -0.983. The van der Waals surface area contributed by atoms with E-state index in [1.807, 2.05) is 0 Å². The van der Waals surface area contributed by atoms with E-state index >= 15 is 0 Å². The van der Waals surface area contributed by atoms with Crippen molar-refractivity contribution < 1.29 is 14.7 Å². The summed E-state index contributed by atoms with van der Waals surface area (Å²) in [5, 5.41) is 11.1. The van der Waals surface area contributed by atoms with Crippen LogP contribution >= 0.6 is 0 Å². The summed E-state index contributed by atoms with van der Waals surface area (Å²) in [4.78, 5) is 22.4. The molecule has 0 radical (unpaired) electrons. The maximum absolute atomic E-state index is 12.0. The van der Waals surface area contributed by atoms with E-state index in [2.05, 4.69) is 26.1 Å². The number of rotatable bonds is 4. The van der Waals surface area contributed by atoms with Crippen molar-refractivity contribution in [2.24, 2.45) is 23.7 Å². The summed E-state index contributed by atoms with van der Waals surface area (Å²) in [6.07, 6.45) is 3.13. The molecule has 1 fully saturated rings. The van der Waals surface area contributed by atoms with E-state index in [1.54, 1.807) is 0 Å². The number of carbonyl (C=O) groups is 2. The van der Waals surface area contributed by atoms with Crippen molar-refractivity contribution >= 4 is 11.9 Å². The molecule has 0 spiro atoms. The van der Waals surface area contributed by atoms with Crippen LogP contribution in [0.2, 0.25) is 0 Å². The fourth-order valence-electron chi connectivity index (χ4n) is 2.80. The number of carboxylic acids is 1. The fraction of sp³-hybridized carbons (Fsp3) is 0.846. The average molecular weight is 241 g/mol. The minimum absolute atomic E-state index is 0.0156. The minimum Gasteiger partial charge on any atom is -0.480 e. The molecule has 0 bridgehead atoms. The number of amides is 1. The molecule has 0 aromatic carbocycles. The molecule has 0 aromatic heterocycles. The molecule has 98 valence electrons. The largest absolute Gasteiger partial charge is 0.480 e. The summed E-state index contributed by atoms with van der Waals surface area (Å²) in [7, 11) is 0. The Morgan fingerprint density at radius 1 is 1.35 bits per heavy atom. The number of hydrogen-bond acceptors (Lipinski definition) is 2. The predicted octanol–water partition coefficient (Wildman–Crippen LogP) is 1.90. The molecule has 3 unspecified atom stereocenters. The number of carbonyl (C=O) groups excluding carboxylic acids is 1. The van der Waals surface area contributed by atoms with Crippen LogP contribution in [-0.2, 0) is 9.59 Å². The second kappa shape index (κ2) is 6.03. The van der Waals surface area contributed by atoms with Crippen molar-refractivity contribution in [1.29, 1.82) is 0 Å². The molecule has 4 nitrogen and oxygen atoms in total. The zero-order valence-corrected chi connectivity index (χ0v) is 10.9. The Labute approximate surface area is 103 Å². The van der Waals surface area contributed by atoms with E-state index in [9.17, 15) is 9.59 Å². The van der Waals surface area contributed by atoms with Gasteiger partial charge in [-0.05, 0) is 30.6 Å². The normalized spacial score (nSPS) is 29.1. The molecule has 1 aliphatic rings. The molecule has 1 saturated carbocycles. The molecule has 2 N–H and O–H groups in total. The second-order valence-electron chi connectivity index (χ2n) is 5.54. The first-order valence-corrected chi connectivity index (χ1v) is 6.41. The number of aliphatic carboxylic acids is 1. The fourth-order valence-corrected chi connectivity index (χ4v) is 2.80. The number of nitrogens with one attached hydrogen (secondary N) is 1. The van der Waals surface area contributed by atoms with Crippen LogP contribution in [0, 0.1) is 23.7 Å². The van der Waals surface area contributed by atoms with Crippen LogP contribution < -0.4 is 5.32 Å². The van der Waals surface area contributed by atoms with Gasteiger partial charge in [-0.15, -0.1) is 0 Å². The van der Waals surface area contributed by atoms with E-state index in [0.29, 0.717) is 17.8 Å². The summed E-state index contributed by atoms with van der Waals surface area (Å²) in [5.41, 5.74) is 0. The summed E-state index contributed by atoms with van der Waals surface area (Å²) in [6, 6.07) is 0. The van der Waals surface area contributed by atoms with Crippen molar-refractivity contribution in [3.8, 4) is 0 Å². The first kappa shape index (κ1) is 14.0. The Morgan fingerprint density at radius 3 is 2.53 bits per heavy atom. The maximum Gasteiger partial charge on any atom is 0.322 e. The van der Waals surface area contributed by atoms with Crippen LogP contribution in [0.5, 0.6) is 0 Å². The van der Waals surface area contributed by atoms with E-state index < -0.39 is 5.97 Å². The molecule has 0 aromatic rings. The van der Waals surface area contributed by atoms with Gasteiger partial charge in [0.25, 0.3) is 0 Å². The third kappa shape index (κ3) is 4.02. The highest BCUT2D eigenvalue weighted by Crippen LogP contribution is 2.37. The Kier molecular flexibility index (Phi) is 4.97. The molecule has 0 aliphatic heterocycles. The summed E-state index contributed by atoms with van der Waals surface area (Å²) < 4.78 is 0. The SMILES string of the molecule is CC1CCC(C(C)C)C(C(=O)NCC(=O)O)C1. The molecule has 1 amide bonds. The third-order valence-electron chi connectivity index (χ3n) is 3.77. The van der Waals surface area contributed by atoms with Gasteiger partial charge in [0, 0.05) is 5.92 Å². The molecular formula is C13H23NO3. The van der Waals surface area contributed by atoms with E-state index in [1.165, 1.54) is 6.42 Å². The van der Waals surface area contributed by atoms with Gasteiger partial charge in [-0.3, -0.25) is 9.59 Å². The van der Waals surface area contributed by atoms with Crippen molar-refractivity contribution in [2.75, 3.05) is 6.54 Å². The van der Waals surface area contributed by atoms with Crippen molar-refractivity contribution in [3.05, 3.63) is 0 Å². The Hall–Kier alpha value is -1.06. The Morgan fingerprint density at radius 2 is 2.00 bits per heavy atom. The lowest BCUT2D eigenvalue weighted by Crippen LogP contribution is -2.41. The van der Waals surface area contributed by atoms with Crippen molar-refractivity contribution in [1.82, 2.24) is 5.32 Å². The molecule has 0 heterocycles. The number of hydrogen-bond donors (Lipinski definition) is 2. The van der Waals surface area contributed by atoms with Crippen LogP contribution in [0.1, 0.15) is 40.0 Å². The highest BCUT2D eigenvalue weighted by molar-refractivity contribution is 5.83. The lowest BCUT2D eigenvalue weighted by atomic mass is 9.70. The van der Waals surface area contributed by atoms with Gasteiger partial charge < -0.3 is 10.4 Å². The van der Waals surface area contributed by atoms with Crippen molar-refractivity contribution in [3.63, 3.8) is 0 Å². The van der Waals surface area contributed by atoms with Gasteiger partial charge in [0.15, 0.2) is 0 Å². The summed E-state index contributed by atoms with van der Waals surface area (Å²) >= 11 is 0. The highest BCUT2D eigenvalue weighted by Gasteiger charge is 2.35. The molecule has 0 saturated heterocycles. The number of carboxylic acid groups (broad SMARTS) is 1. The highest BCUT2D eigenvalue weighted by atomic mass is 16.4. The Bertz CT molecular complexity index is 288. The van der Waals surface area contributed by atoms with Crippen LogP contribution in [0.3, 0.4) is 0 Å². The maximum atomic E-state index is 12.0. The zero-order chi connectivity index (χ0) is 13.0. The van der Waals surface area contributed by atoms with Gasteiger partial charge in [-0.25, -0.2) is 0 Å². The van der Waals surface area contributed by atoms with Gasteiger partial charge in [0.2, 0.25) is 5.91 Å². The lowest BCUT2D eigenvalue weighted by Gasteiger charge is -2.36. The van der Waals surface area contributed by atoms with Gasteiger partial charge >= 0.3 is 5.97 Å². The molecule has 17 heavy (non-hydrogen) atoms. The lowest BCUT2D eigenvalue weighted by molar-refractivity contribution is -0.139. The first-order valence-electron chi connectivity index (χ1n) is 6.41. The quantitative estimate of drug-likeness (QED) is 0.790. The van der Waals surface area contributed by atoms with Crippen LogP contribution in [-0.4, -0.2) is 23.5 Å². The summed E-state index contributed by atoms with van der Waals surface area (Å²) in [5.74, 6) is 0.340. The molecule has 3 atom stereocenters. The van der Waals surface area contributed by atoms with Gasteiger partial charge in [0.05, 0.1) is 0 Å². The first-order chi connectivity index (χ1) is 7.91. The van der Waals surface area contributed by atoms with Gasteiger partial charge in [0.1, 0.15) is 6.54 Å². The predicted molar refractivity (Wildman–Crippen MR) is 65.5 cm³/mol. The van der Waals surface area contributed by atoms with E-state index in [-0.39, 0.29) is 18.4 Å². The average Bonchev–Trinajstić information content (AvgIpc) is 2.25. The van der Waals surface area contributed by atoms with E-state index in [0.717, 1.165) is 12.8 Å². The molecular weight excluding hydrogens is 218 g/mol. The van der Waals surface area contributed by atoms with E-state index in [4.69, 9.17) is 5.11 Å². The molecule has 4 heteroatoms. The molecule has 1 aliphatic carbocycles. The van der Waals surface area contributed by atoms with Gasteiger partial charge in [-0.2, -0.15) is 0 Å². The summed E-state index contributed by atoms with van der Waals surface area (Å²) in [6.45, 7) is 6.17. The smallest absolute Gasteiger partial charge is 0.322 e. The third-order valence-corrected chi connectivity index (χ3v) is 3.77. The van der Waals surface area contributed by atoms with Crippen molar-refractivity contribution in [2.45, 2.75) is 40.0 Å². The second-order valence-corrected chi connectivity index (χ2v) is 5.54. The standard InChI is InChI=1S/C13H23NO3/c1-8(2)10-5-4-9(3)6-11(10)13(17)14-7-12(15)16/h8-11H,4-7H2,1-3H3,(H,14,17)(H,15,16).